The van der Waals surface area contributed by atoms with Gasteiger partial charge in [-0.15, -0.1) is 0 Å². The third kappa shape index (κ3) is 4.64. The topological polar surface area (TPSA) is 113 Å². The van der Waals surface area contributed by atoms with Gasteiger partial charge in [0.25, 0.3) is 0 Å². The van der Waals surface area contributed by atoms with Gasteiger partial charge >= 0.3 is 5.97 Å². The fourth-order valence-corrected chi connectivity index (χ4v) is 4.09. The van der Waals surface area contributed by atoms with Gasteiger partial charge < -0.3 is 29.4 Å². The van der Waals surface area contributed by atoms with Gasteiger partial charge in [-0.2, -0.15) is 5.26 Å². The number of carbonyl (C=O) groups excluding carboxylic acids is 1. The second kappa shape index (κ2) is 10.7. The fourth-order valence-electron chi connectivity index (χ4n) is 4.09. The van der Waals surface area contributed by atoms with E-state index < -0.39 is 11.9 Å². The molecule has 1 aliphatic heterocycles. The summed E-state index contributed by atoms with van der Waals surface area (Å²) in [5.74, 6) is 0.902. The van der Waals surface area contributed by atoms with Crippen molar-refractivity contribution in [1.29, 1.82) is 5.26 Å². The quantitative estimate of drug-likeness (QED) is 0.352. The van der Waals surface area contributed by atoms with Crippen LogP contribution in [0, 0.1) is 11.3 Å². The van der Waals surface area contributed by atoms with Gasteiger partial charge in [0.15, 0.2) is 11.5 Å². The molecule has 0 radical (unpaired) electrons. The van der Waals surface area contributed by atoms with Gasteiger partial charge in [-0.3, -0.25) is 0 Å². The van der Waals surface area contributed by atoms with Crippen molar-refractivity contribution in [3.05, 3.63) is 88.8 Å². The van der Waals surface area contributed by atoms with Gasteiger partial charge in [-0.25, -0.2) is 4.79 Å². The Morgan fingerprint density at radius 2 is 1.81 bits per heavy atom. The average molecular weight is 487 g/mol. The zero-order valence-corrected chi connectivity index (χ0v) is 20.2. The van der Waals surface area contributed by atoms with Gasteiger partial charge in [0.1, 0.15) is 34.5 Å². The zero-order chi connectivity index (χ0) is 25.7. The van der Waals surface area contributed by atoms with Gasteiger partial charge in [-0.05, 0) is 30.7 Å². The van der Waals surface area contributed by atoms with E-state index in [1.54, 1.807) is 55.6 Å². The van der Waals surface area contributed by atoms with Crippen LogP contribution in [0.4, 0.5) is 0 Å². The summed E-state index contributed by atoms with van der Waals surface area (Å²) in [6, 6.07) is 19.4. The number of hydrogen-bond acceptors (Lipinski definition) is 8. The number of fused-ring (bicyclic) bond motifs is 1. The monoisotopic (exact) mass is 486 g/mol. The third-order valence-electron chi connectivity index (χ3n) is 5.71. The Labute approximate surface area is 209 Å². The van der Waals surface area contributed by atoms with E-state index in [1.165, 1.54) is 7.11 Å². The average Bonchev–Trinajstić information content (AvgIpc) is 2.90. The molecular weight excluding hydrogens is 460 g/mol. The van der Waals surface area contributed by atoms with Crippen LogP contribution in [0.2, 0.25) is 0 Å². The Kier molecular flexibility index (Phi) is 7.31. The predicted molar refractivity (Wildman–Crippen MR) is 132 cm³/mol. The van der Waals surface area contributed by atoms with Crippen molar-refractivity contribution in [3.63, 3.8) is 0 Å². The summed E-state index contributed by atoms with van der Waals surface area (Å²) in [4.78, 5) is 12.9. The second-order valence-electron chi connectivity index (χ2n) is 7.94. The van der Waals surface area contributed by atoms with Gasteiger partial charge in [0, 0.05) is 17.2 Å². The van der Waals surface area contributed by atoms with E-state index >= 15 is 0 Å². The first kappa shape index (κ1) is 24.5. The Morgan fingerprint density at radius 3 is 2.53 bits per heavy atom. The van der Waals surface area contributed by atoms with E-state index in [0.717, 1.165) is 6.42 Å². The summed E-state index contributed by atoms with van der Waals surface area (Å²) in [6.07, 6.45) is 0.810. The van der Waals surface area contributed by atoms with Gasteiger partial charge in [0.05, 0.1) is 26.7 Å². The van der Waals surface area contributed by atoms with E-state index in [1.807, 2.05) is 19.1 Å². The minimum Gasteiger partial charge on any atom is -0.493 e. The van der Waals surface area contributed by atoms with Crippen molar-refractivity contribution in [1.82, 2.24) is 0 Å². The minimum atomic E-state index is -0.572. The summed E-state index contributed by atoms with van der Waals surface area (Å²) in [7, 11) is 3.08. The molecule has 3 aromatic rings. The number of para-hydroxylation sites is 2. The molecule has 0 fully saturated rings. The summed E-state index contributed by atoms with van der Waals surface area (Å²) in [6.45, 7) is 2.47. The minimum absolute atomic E-state index is 0.0401. The van der Waals surface area contributed by atoms with Crippen LogP contribution < -0.4 is 29.4 Å². The highest BCUT2D eigenvalue weighted by Crippen LogP contribution is 2.48. The molecule has 3 aromatic carbocycles. The summed E-state index contributed by atoms with van der Waals surface area (Å²) >= 11 is 0. The molecule has 0 aromatic heterocycles. The number of rotatable bonds is 8. The molecule has 1 heterocycles. The van der Waals surface area contributed by atoms with Crippen LogP contribution in [0.1, 0.15) is 40.7 Å². The molecule has 184 valence electrons. The van der Waals surface area contributed by atoms with Crippen LogP contribution in [0.3, 0.4) is 0 Å². The van der Waals surface area contributed by atoms with Crippen molar-refractivity contribution in [2.24, 2.45) is 5.73 Å². The molecule has 0 spiro atoms. The second-order valence-corrected chi connectivity index (χ2v) is 7.94. The summed E-state index contributed by atoms with van der Waals surface area (Å²) in [5.41, 5.74) is 8.05. The maximum absolute atomic E-state index is 12.9. The van der Waals surface area contributed by atoms with E-state index in [2.05, 4.69) is 6.07 Å². The lowest BCUT2D eigenvalue weighted by Gasteiger charge is -2.28. The molecular formula is C28H26N2O6. The highest BCUT2D eigenvalue weighted by molar-refractivity contribution is 5.94. The first-order chi connectivity index (χ1) is 17.5. The Bertz CT molecular complexity index is 1360. The number of allylic oxidation sites excluding steroid dienone is 1. The fraction of sp³-hybridized carbons (Fsp3) is 0.214. The molecule has 4 rings (SSSR count). The molecule has 8 heteroatoms. The number of ether oxygens (including phenoxy) is 5. The van der Waals surface area contributed by atoms with Crippen molar-refractivity contribution in [2.45, 2.75) is 19.3 Å². The Balaban J connectivity index is 1.71. The van der Waals surface area contributed by atoms with Gasteiger partial charge in [0.2, 0.25) is 5.88 Å². The standard InChI is InChI=1S/C28H26N2O6/c1-4-14-34-22-10-6-5-8-19(22)28(31)35-17-12-13-18-24(15-17)36-27(30)21(16-29)25(18)20-9-7-11-23(32-2)26(20)33-3/h5-13,15,25H,4,14,30H2,1-3H3. The largest absolute Gasteiger partial charge is 0.493 e. The predicted octanol–water partition coefficient (Wildman–Crippen LogP) is 4.93. The number of nitrogens with two attached hydrogens (primary N) is 1. The van der Waals surface area contributed by atoms with Crippen molar-refractivity contribution >= 4 is 5.97 Å². The number of hydrogen-bond donors (Lipinski definition) is 1. The lowest BCUT2D eigenvalue weighted by Crippen LogP contribution is -2.21. The lowest BCUT2D eigenvalue weighted by molar-refractivity contribution is 0.0730. The highest BCUT2D eigenvalue weighted by Gasteiger charge is 2.34. The highest BCUT2D eigenvalue weighted by atomic mass is 16.5. The third-order valence-corrected chi connectivity index (χ3v) is 5.71. The lowest BCUT2D eigenvalue weighted by atomic mass is 9.83. The number of nitriles is 1. The Hall–Kier alpha value is -4.64. The first-order valence-electron chi connectivity index (χ1n) is 11.4. The van der Waals surface area contributed by atoms with Gasteiger partial charge in [-0.1, -0.05) is 37.3 Å². The number of carbonyl (C=O) groups is 1. The molecule has 1 unspecified atom stereocenters. The van der Waals surface area contributed by atoms with Crippen LogP contribution in [0.15, 0.2) is 72.1 Å². The number of esters is 1. The Morgan fingerprint density at radius 1 is 1.03 bits per heavy atom. The molecule has 0 aliphatic carbocycles. The number of nitrogens with zero attached hydrogens (tertiary/aromatic N) is 1. The van der Waals surface area contributed by atoms with Crippen molar-refractivity contribution in [3.8, 4) is 34.8 Å². The molecule has 2 N–H and O–H groups in total. The molecule has 0 amide bonds. The maximum Gasteiger partial charge on any atom is 0.347 e. The first-order valence-corrected chi connectivity index (χ1v) is 11.4. The normalized spacial score (nSPS) is 14.2. The van der Waals surface area contributed by atoms with E-state index in [-0.39, 0.29) is 17.2 Å². The zero-order valence-electron chi connectivity index (χ0n) is 20.2. The molecule has 36 heavy (non-hydrogen) atoms. The van der Waals surface area contributed by atoms with Crippen molar-refractivity contribution in [2.75, 3.05) is 20.8 Å². The summed E-state index contributed by atoms with van der Waals surface area (Å²) < 4.78 is 28.1. The molecule has 1 atom stereocenters. The SMILES string of the molecule is CCCOc1ccccc1C(=O)Oc1ccc2c(c1)OC(N)=C(C#N)C2c1cccc(OC)c1OC. The molecule has 0 saturated heterocycles. The maximum atomic E-state index is 12.9. The molecule has 0 saturated carbocycles. The van der Waals surface area contributed by atoms with Crippen LogP contribution in [0.25, 0.3) is 0 Å². The summed E-state index contributed by atoms with van der Waals surface area (Å²) in [5, 5.41) is 9.87. The molecule has 8 nitrogen and oxygen atoms in total. The number of methoxy groups -OCH3 is 2. The van der Waals surface area contributed by atoms with Crippen molar-refractivity contribution < 1.29 is 28.5 Å². The number of benzene rings is 3. The molecule has 1 aliphatic rings. The van der Waals surface area contributed by atoms with E-state index in [9.17, 15) is 10.1 Å². The smallest absolute Gasteiger partial charge is 0.347 e. The van der Waals surface area contributed by atoms with Crippen LogP contribution >= 0.6 is 0 Å². The molecule has 0 bridgehead atoms. The van der Waals surface area contributed by atoms with Crippen LogP contribution in [-0.2, 0) is 0 Å². The van der Waals surface area contributed by atoms with Crippen LogP contribution in [0.5, 0.6) is 28.7 Å². The van der Waals surface area contributed by atoms with E-state index in [4.69, 9.17) is 29.4 Å². The van der Waals surface area contributed by atoms with Crippen LogP contribution in [-0.4, -0.2) is 26.8 Å². The van der Waals surface area contributed by atoms with E-state index in [0.29, 0.717) is 46.3 Å².